The second-order valence-corrected chi connectivity index (χ2v) is 5.68. The monoisotopic (exact) mass is 249 g/mol. The Hall–Kier alpha value is -1.55. The molecule has 0 amide bonds. The third-order valence-corrected chi connectivity index (χ3v) is 2.68. The molecule has 0 bridgehead atoms. The summed E-state index contributed by atoms with van der Waals surface area (Å²) in [5.74, 6) is 0.140. The van der Waals surface area contributed by atoms with E-state index in [0.717, 1.165) is 12.1 Å². The number of hydrogen-bond donors (Lipinski definition) is 3. The smallest absolute Gasteiger partial charge is 0.147 e. The van der Waals surface area contributed by atoms with Crippen molar-refractivity contribution in [3.8, 4) is 0 Å². The average molecular weight is 249 g/mol. The minimum Gasteiger partial charge on any atom is -0.409 e. The molecule has 0 aliphatic rings. The molecule has 0 radical (unpaired) electrons. The highest BCUT2D eigenvalue weighted by molar-refractivity contribution is 5.87. The summed E-state index contributed by atoms with van der Waals surface area (Å²) in [5, 5.41) is 15.4. The highest BCUT2D eigenvalue weighted by Gasteiger charge is 2.17. The van der Waals surface area contributed by atoms with E-state index in [9.17, 15) is 0 Å². The molecule has 4 nitrogen and oxygen atoms in total. The molecule has 1 aromatic carbocycles. The second-order valence-electron chi connectivity index (χ2n) is 5.68. The van der Waals surface area contributed by atoms with Gasteiger partial charge < -0.3 is 16.3 Å². The summed E-state index contributed by atoms with van der Waals surface area (Å²) in [5.41, 5.74) is 7.02. The van der Waals surface area contributed by atoms with Gasteiger partial charge in [0.25, 0.3) is 0 Å². The minimum absolute atomic E-state index is 0.0986. The normalized spacial score (nSPS) is 14.5. The van der Waals surface area contributed by atoms with E-state index >= 15 is 0 Å². The van der Waals surface area contributed by atoms with Crippen molar-refractivity contribution in [1.29, 1.82) is 0 Å². The SMILES string of the molecule is CC(C)(C)CNCC(C(N)=NO)c1ccccc1. The number of nitrogens with one attached hydrogen (secondary N) is 1. The molecule has 0 aliphatic heterocycles. The van der Waals surface area contributed by atoms with Crippen LogP contribution in [0.15, 0.2) is 35.5 Å². The topological polar surface area (TPSA) is 70.6 Å². The van der Waals surface area contributed by atoms with Crippen LogP contribution in [0.3, 0.4) is 0 Å². The van der Waals surface area contributed by atoms with Gasteiger partial charge in [-0.1, -0.05) is 56.3 Å². The summed E-state index contributed by atoms with van der Waals surface area (Å²) in [6.45, 7) is 8.05. The van der Waals surface area contributed by atoms with Gasteiger partial charge in [-0.05, 0) is 11.0 Å². The van der Waals surface area contributed by atoms with Crippen LogP contribution in [0.25, 0.3) is 0 Å². The van der Waals surface area contributed by atoms with Gasteiger partial charge in [-0.25, -0.2) is 0 Å². The number of nitrogens with two attached hydrogens (primary N) is 1. The van der Waals surface area contributed by atoms with Gasteiger partial charge >= 0.3 is 0 Å². The molecule has 0 spiro atoms. The highest BCUT2D eigenvalue weighted by atomic mass is 16.4. The fraction of sp³-hybridized carbons (Fsp3) is 0.500. The van der Waals surface area contributed by atoms with E-state index in [1.165, 1.54) is 0 Å². The van der Waals surface area contributed by atoms with Crippen LogP contribution < -0.4 is 11.1 Å². The summed E-state index contributed by atoms with van der Waals surface area (Å²) < 4.78 is 0. The van der Waals surface area contributed by atoms with Crippen LogP contribution in [0, 0.1) is 5.41 Å². The Morgan fingerprint density at radius 2 is 1.94 bits per heavy atom. The van der Waals surface area contributed by atoms with Crippen LogP contribution in [0.2, 0.25) is 0 Å². The zero-order valence-corrected chi connectivity index (χ0v) is 11.4. The Kier molecular flexibility index (Phi) is 5.16. The van der Waals surface area contributed by atoms with Crippen LogP contribution in [0.4, 0.5) is 0 Å². The predicted molar refractivity (Wildman–Crippen MR) is 74.9 cm³/mol. The molecule has 4 N–H and O–H groups in total. The summed E-state index contributed by atoms with van der Waals surface area (Å²) in [6, 6.07) is 9.84. The number of nitrogens with zero attached hydrogens (tertiary/aromatic N) is 1. The molecule has 1 atom stereocenters. The lowest BCUT2D eigenvalue weighted by molar-refractivity contribution is 0.315. The van der Waals surface area contributed by atoms with Crippen molar-refractivity contribution in [3.63, 3.8) is 0 Å². The van der Waals surface area contributed by atoms with Gasteiger partial charge in [0, 0.05) is 13.1 Å². The lowest BCUT2D eigenvalue weighted by Crippen LogP contribution is -2.35. The molecule has 0 aromatic heterocycles. The zero-order valence-electron chi connectivity index (χ0n) is 11.4. The average Bonchev–Trinajstić information content (AvgIpc) is 2.33. The van der Waals surface area contributed by atoms with Gasteiger partial charge in [0.1, 0.15) is 5.84 Å². The fourth-order valence-electron chi connectivity index (χ4n) is 1.74. The Balaban J connectivity index is 2.70. The van der Waals surface area contributed by atoms with E-state index in [4.69, 9.17) is 10.9 Å². The van der Waals surface area contributed by atoms with E-state index in [2.05, 4.69) is 31.2 Å². The van der Waals surface area contributed by atoms with Crippen molar-refractivity contribution >= 4 is 5.84 Å². The maximum atomic E-state index is 8.86. The molecule has 18 heavy (non-hydrogen) atoms. The fourth-order valence-corrected chi connectivity index (χ4v) is 1.74. The Morgan fingerprint density at radius 3 is 2.44 bits per heavy atom. The zero-order chi connectivity index (χ0) is 13.6. The van der Waals surface area contributed by atoms with E-state index < -0.39 is 0 Å². The van der Waals surface area contributed by atoms with Crippen LogP contribution in [-0.4, -0.2) is 24.1 Å². The lowest BCUT2D eigenvalue weighted by Gasteiger charge is -2.22. The molecule has 1 aromatic rings. The van der Waals surface area contributed by atoms with Crippen LogP contribution in [-0.2, 0) is 0 Å². The van der Waals surface area contributed by atoms with Crippen molar-refractivity contribution in [2.75, 3.05) is 13.1 Å². The first-order chi connectivity index (χ1) is 8.44. The molecule has 4 heteroatoms. The molecule has 100 valence electrons. The van der Waals surface area contributed by atoms with Crippen LogP contribution in [0.1, 0.15) is 32.3 Å². The molecule has 1 rings (SSSR count). The van der Waals surface area contributed by atoms with Gasteiger partial charge in [-0.15, -0.1) is 0 Å². The second kappa shape index (κ2) is 6.40. The van der Waals surface area contributed by atoms with E-state index in [1.54, 1.807) is 0 Å². The summed E-state index contributed by atoms with van der Waals surface area (Å²) in [7, 11) is 0. The Labute approximate surface area is 109 Å². The molecule has 0 heterocycles. The maximum Gasteiger partial charge on any atom is 0.147 e. The quantitative estimate of drug-likeness (QED) is 0.324. The predicted octanol–water partition coefficient (Wildman–Crippen LogP) is 2.15. The molecule has 0 saturated heterocycles. The standard InChI is InChI=1S/C14H23N3O/c1-14(2,3)10-16-9-12(13(15)17-18)11-7-5-4-6-8-11/h4-8,12,16,18H,9-10H2,1-3H3,(H2,15,17). The largest absolute Gasteiger partial charge is 0.409 e. The third-order valence-electron chi connectivity index (χ3n) is 2.68. The maximum absolute atomic E-state index is 8.86. The van der Waals surface area contributed by atoms with Gasteiger partial charge in [0.15, 0.2) is 0 Å². The number of rotatable bonds is 5. The van der Waals surface area contributed by atoms with Crippen LogP contribution in [0.5, 0.6) is 0 Å². The highest BCUT2D eigenvalue weighted by Crippen LogP contribution is 2.16. The van der Waals surface area contributed by atoms with Gasteiger partial charge in [-0.3, -0.25) is 0 Å². The van der Waals surface area contributed by atoms with Crippen molar-refractivity contribution in [1.82, 2.24) is 5.32 Å². The molecule has 0 saturated carbocycles. The Bertz CT molecular complexity index is 382. The minimum atomic E-state index is -0.0986. The summed E-state index contributed by atoms with van der Waals surface area (Å²) in [4.78, 5) is 0. The first-order valence-electron chi connectivity index (χ1n) is 6.17. The Morgan fingerprint density at radius 1 is 1.33 bits per heavy atom. The first-order valence-corrected chi connectivity index (χ1v) is 6.17. The number of benzene rings is 1. The van der Waals surface area contributed by atoms with Crippen molar-refractivity contribution in [3.05, 3.63) is 35.9 Å². The van der Waals surface area contributed by atoms with E-state index in [-0.39, 0.29) is 17.2 Å². The van der Waals surface area contributed by atoms with Gasteiger partial charge in [-0.2, -0.15) is 0 Å². The van der Waals surface area contributed by atoms with Crippen molar-refractivity contribution in [2.24, 2.45) is 16.3 Å². The summed E-state index contributed by atoms with van der Waals surface area (Å²) >= 11 is 0. The first kappa shape index (κ1) is 14.5. The van der Waals surface area contributed by atoms with Crippen LogP contribution >= 0.6 is 0 Å². The molecule has 0 aliphatic carbocycles. The lowest BCUT2D eigenvalue weighted by atomic mass is 9.95. The number of oxime groups is 1. The number of hydrogen-bond acceptors (Lipinski definition) is 3. The molecule has 0 fully saturated rings. The molecular weight excluding hydrogens is 226 g/mol. The van der Waals surface area contributed by atoms with E-state index in [1.807, 2.05) is 30.3 Å². The van der Waals surface area contributed by atoms with Gasteiger partial charge in [0.05, 0.1) is 5.92 Å². The van der Waals surface area contributed by atoms with E-state index in [0.29, 0.717) is 6.54 Å². The number of amidine groups is 1. The van der Waals surface area contributed by atoms with Crippen molar-refractivity contribution in [2.45, 2.75) is 26.7 Å². The molecule has 1 unspecified atom stereocenters. The van der Waals surface area contributed by atoms with Crippen molar-refractivity contribution < 1.29 is 5.21 Å². The molecular formula is C14H23N3O. The summed E-state index contributed by atoms with van der Waals surface area (Å²) in [6.07, 6.45) is 0. The van der Waals surface area contributed by atoms with Gasteiger partial charge in [0.2, 0.25) is 0 Å². The third kappa shape index (κ3) is 4.75.